The summed E-state index contributed by atoms with van der Waals surface area (Å²) in [5.74, 6) is 0. The third-order valence-electron chi connectivity index (χ3n) is 11.9. The predicted molar refractivity (Wildman–Crippen MR) is 233 cm³/mol. The number of hydrogen-bond donors (Lipinski definition) is 0. The molecule has 0 saturated heterocycles. The average molecular weight is 712 g/mol. The predicted octanol–water partition coefficient (Wildman–Crippen LogP) is 14.9. The monoisotopic (exact) mass is 711 g/mol. The first-order chi connectivity index (χ1) is 26.4. The summed E-state index contributed by atoms with van der Waals surface area (Å²) in [5.41, 5.74) is 14.9. The smallest absolute Gasteiger partial charge is 0.0470 e. The van der Waals surface area contributed by atoms with Crippen molar-refractivity contribution in [1.29, 1.82) is 0 Å². The van der Waals surface area contributed by atoms with E-state index in [2.05, 4.69) is 208 Å². The first-order valence-corrected chi connectivity index (χ1v) is 19.8. The molecule has 54 heavy (non-hydrogen) atoms. The van der Waals surface area contributed by atoms with Gasteiger partial charge in [-0.15, -0.1) is 11.3 Å². The van der Waals surface area contributed by atoms with Crippen LogP contribution < -0.4 is 4.90 Å². The van der Waals surface area contributed by atoms with Crippen LogP contribution in [-0.4, -0.2) is 0 Å². The minimum atomic E-state index is -0.155. The molecule has 2 heteroatoms. The second-order valence-corrected chi connectivity index (χ2v) is 16.7. The number of allylic oxidation sites excluding steroid dienone is 4. The molecule has 0 spiro atoms. The Labute approximate surface area is 322 Å². The quantitative estimate of drug-likeness (QED) is 0.166. The molecule has 1 aromatic heterocycles. The van der Waals surface area contributed by atoms with Crippen molar-refractivity contribution in [2.24, 2.45) is 0 Å². The van der Waals surface area contributed by atoms with Crippen molar-refractivity contribution in [2.75, 3.05) is 4.90 Å². The first-order valence-electron chi connectivity index (χ1n) is 19.0. The van der Waals surface area contributed by atoms with Crippen molar-refractivity contribution in [3.63, 3.8) is 0 Å². The molecule has 1 nitrogen and oxygen atoms in total. The van der Waals surface area contributed by atoms with Crippen molar-refractivity contribution in [3.8, 4) is 33.4 Å². The number of anilines is 3. The zero-order valence-corrected chi connectivity index (χ0v) is 31.7. The van der Waals surface area contributed by atoms with Crippen LogP contribution in [0.2, 0.25) is 0 Å². The van der Waals surface area contributed by atoms with Crippen LogP contribution in [-0.2, 0) is 10.8 Å². The molecule has 0 bridgehead atoms. The van der Waals surface area contributed by atoms with Crippen molar-refractivity contribution >= 4 is 48.6 Å². The fraction of sp³-hybridized carbons (Fsp3) is 0.115. The number of fused-ring (bicyclic) bond motifs is 7. The fourth-order valence-corrected chi connectivity index (χ4v) is 10.1. The highest BCUT2D eigenvalue weighted by molar-refractivity contribution is 7.26. The Balaban J connectivity index is 1.18. The highest BCUT2D eigenvalue weighted by Gasteiger charge is 2.38. The van der Waals surface area contributed by atoms with Gasteiger partial charge in [-0.3, -0.25) is 0 Å². The van der Waals surface area contributed by atoms with Crippen molar-refractivity contribution in [2.45, 2.75) is 38.0 Å². The van der Waals surface area contributed by atoms with E-state index >= 15 is 0 Å². The number of thiophene rings is 1. The van der Waals surface area contributed by atoms with Gasteiger partial charge in [0.25, 0.3) is 0 Å². The number of rotatable bonds is 6. The first kappa shape index (κ1) is 32.7. The van der Waals surface area contributed by atoms with Gasteiger partial charge in [0.2, 0.25) is 0 Å². The van der Waals surface area contributed by atoms with Crippen molar-refractivity contribution < 1.29 is 0 Å². The highest BCUT2D eigenvalue weighted by Crippen LogP contribution is 2.55. The molecule has 10 rings (SSSR count). The van der Waals surface area contributed by atoms with Gasteiger partial charge in [-0.05, 0) is 93.4 Å². The van der Waals surface area contributed by atoms with Crippen LogP contribution in [0.4, 0.5) is 17.1 Å². The number of benzene rings is 7. The summed E-state index contributed by atoms with van der Waals surface area (Å²) in [4.78, 5) is 2.48. The number of nitrogens with zero attached hydrogens (tertiary/aromatic N) is 1. The van der Waals surface area contributed by atoms with Gasteiger partial charge in [0.15, 0.2) is 0 Å². The highest BCUT2D eigenvalue weighted by atomic mass is 32.1. The van der Waals surface area contributed by atoms with E-state index < -0.39 is 0 Å². The third-order valence-corrected chi connectivity index (χ3v) is 13.1. The Morgan fingerprint density at radius 1 is 0.519 bits per heavy atom. The molecule has 0 aliphatic heterocycles. The minimum absolute atomic E-state index is 0.117. The van der Waals surface area contributed by atoms with E-state index in [9.17, 15) is 0 Å². The molecule has 0 saturated carbocycles. The van der Waals surface area contributed by atoms with Gasteiger partial charge >= 0.3 is 0 Å². The lowest BCUT2D eigenvalue weighted by atomic mass is 9.76. The Morgan fingerprint density at radius 3 is 1.94 bits per heavy atom. The molecule has 0 unspecified atom stereocenters. The molecule has 260 valence electrons. The Kier molecular flexibility index (Phi) is 7.61. The second-order valence-electron chi connectivity index (χ2n) is 15.6. The van der Waals surface area contributed by atoms with Crippen LogP contribution in [0.5, 0.6) is 0 Å². The van der Waals surface area contributed by atoms with Crippen molar-refractivity contribution in [3.05, 3.63) is 199 Å². The maximum atomic E-state index is 2.48. The molecule has 1 atom stereocenters. The minimum Gasteiger partial charge on any atom is -0.310 e. The van der Waals surface area contributed by atoms with Gasteiger partial charge in [-0.2, -0.15) is 0 Å². The van der Waals surface area contributed by atoms with Gasteiger partial charge in [0.1, 0.15) is 0 Å². The summed E-state index contributed by atoms with van der Waals surface area (Å²) in [6, 6.07) is 58.6. The molecule has 0 N–H and O–H groups in total. The second kappa shape index (κ2) is 12.6. The van der Waals surface area contributed by atoms with Crippen LogP contribution in [0.15, 0.2) is 182 Å². The van der Waals surface area contributed by atoms with Crippen LogP contribution in [0, 0.1) is 0 Å². The maximum absolute atomic E-state index is 2.48. The SMILES string of the molecule is CC1(C)c2cc(N(c3ccc(-c4ccccc4)cc3)c3cc(-c4ccccc4)cc([C@]4(C)C=CC=CC4)c3)ccc2-c2c1ccc1c2sc2ccccc21. The Hall–Kier alpha value is -5.96. The average Bonchev–Trinajstić information content (AvgIpc) is 3.71. The Morgan fingerprint density at radius 2 is 1.20 bits per heavy atom. The molecule has 2 aliphatic carbocycles. The standard InChI is InChI=1S/C52H41NS/c1-51(2)46-28-27-44-43-19-11-12-20-48(43)54-50(44)49(46)45-26-25-41(34-47(45)51)53(40-23-21-37(22-24-40)35-15-7-4-8-16-35)42-32-38(36-17-9-5-10-18-36)31-39(33-42)52(3)29-13-6-14-30-52/h4-29,31-34H,30H2,1-3H3/t52-/m1/s1. The summed E-state index contributed by atoms with van der Waals surface area (Å²) in [7, 11) is 0. The van der Waals surface area contributed by atoms with E-state index in [1.807, 2.05) is 11.3 Å². The van der Waals surface area contributed by atoms with E-state index in [1.54, 1.807) is 0 Å². The van der Waals surface area contributed by atoms with E-state index in [1.165, 1.54) is 70.2 Å². The zero-order chi connectivity index (χ0) is 36.4. The normalized spacial score (nSPS) is 16.8. The summed E-state index contributed by atoms with van der Waals surface area (Å²) >= 11 is 1.93. The summed E-state index contributed by atoms with van der Waals surface area (Å²) in [6.07, 6.45) is 9.99. The number of hydrogen-bond acceptors (Lipinski definition) is 2. The fourth-order valence-electron chi connectivity index (χ4n) is 8.82. The van der Waals surface area contributed by atoms with Gasteiger partial charge in [0.05, 0.1) is 0 Å². The summed E-state index contributed by atoms with van der Waals surface area (Å²) in [6.45, 7) is 7.17. The molecule has 1 heterocycles. The maximum Gasteiger partial charge on any atom is 0.0470 e. The van der Waals surface area contributed by atoms with Gasteiger partial charge < -0.3 is 4.90 Å². The van der Waals surface area contributed by atoms with Crippen LogP contribution >= 0.6 is 11.3 Å². The molecule has 2 aliphatic rings. The third kappa shape index (κ3) is 5.28. The summed E-state index contributed by atoms with van der Waals surface area (Å²) in [5, 5.41) is 2.70. The molecule has 8 aromatic rings. The van der Waals surface area contributed by atoms with E-state index in [0.29, 0.717) is 0 Å². The lowest BCUT2D eigenvalue weighted by Crippen LogP contribution is -2.21. The van der Waals surface area contributed by atoms with E-state index in [4.69, 9.17) is 0 Å². The van der Waals surface area contributed by atoms with Gasteiger partial charge in [-0.1, -0.05) is 160 Å². The molecule has 0 radical (unpaired) electrons. The lowest BCUT2D eigenvalue weighted by Gasteiger charge is -2.32. The van der Waals surface area contributed by atoms with Gasteiger partial charge in [0, 0.05) is 53.6 Å². The molecule has 7 aromatic carbocycles. The largest absolute Gasteiger partial charge is 0.310 e. The van der Waals surface area contributed by atoms with Crippen molar-refractivity contribution in [1.82, 2.24) is 0 Å². The topological polar surface area (TPSA) is 3.24 Å². The Bertz CT molecular complexity index is 2770. The van der Waals surface area contributed by atoms with Gasteiger partial charge in [-0.25, -0.2) is 0 Å². The molecular weight excluding hydrogens is 671 g/mol. The van der Waals surface area contributed by atoms with E-state index in [-0.39, 0.29) is 10.8 Å². The molecular formula is C52H41NS. The zero-order valence-electron chi connectivity index (χ0n) is 30.9. The molecule has 0 fully saturated rings. The van der Waals surface area contributed by atoms with Crippen LogP contribution in [0.1, 0.15) is 43.9 Å². The summed E-state index contributed by atoms with van der Waals surface area (Å²) < 4.78 is 2.74. The van der Waals surface area contributed by atoms with Crippen LogP contribution in [0.3, 0.4) is 0 Å². The van der Waals surface area contributed by atoms with Crippen LogP contribution in [0.25, 0.3) is 53.6 Å². The van der Waals surface area contributed by atoms with E-state index in [0.717, 1.165) is 23.5 Å². The lowest BCUT2D eigenvalue weighted by molar-refractivity contribution is 0.600. The molecule has 0 amide bonds.